The lowest BCUT2D eigenvalue weighted by molar-refractivity contribution is -0.121. The zero-order chi connectivity index (χ0) is 12.9. The van der Waals surface area contributed by atoms with Crippen molar-refractivity contribution in [2.75, 3.05) is 11.4 Å². The van der Waals surface area contributed by atoms with Gasteiger partial charge in [0.05, 0.1) is 17.8 Å². The first kappa shape index (κ1) is 11.4. The Kier molecular flexibility index (Phi) is 2.48. The molecule has 0 bridgehead atoms. The second-order valence-corrected chi connectivity index (χ2v) is 5.06. The molecule has 3 rings (SSSR count). The number of rotatable bonds is 3. The van der Waals surface area contributed by atoms with Crippen LogP contribution in [0.4, 0.5) is 5.69 Å². The highest BCUT2D eigenvalue weighted by Gasteiger charge is 2.39. The van der Waals surface area contributed by atoms with Gasteiger partial charge >= 0.3 is 0 Å². The number of carbonyl (C=O) groups excluding carboxylic acids is 3. The quantitative estimate of drug-likeness (QED) is 0.782. The minimum atomic E-state index is -0.638. The third-order valence-electron chi connectivity index (χ3n) is 3.28. The van der Waals surface area contributed by atoms with Crippen molar-refractivity contribution in [1.29, 1.82) is 0 Å². The third kappa shape index (κ3) is 1.73. The topological polar surface area (TPSA) is 54.5 Å². The molecule has 2 aliphatic rings. The maximum Gasteiger partial charge on any atom is 0.299 e. The van der Waals surface area contributed by atoms with Gasteiger partial charge in [-0.25, -0.2) is 0 Å². The number of hydrogen-bond donors (Lipinski definition) is 0. The van der Waals surface area contributed by atoms with Gasteiger partial charge in [-0.15, -0.1) is 0 Å². The Labute approximate surface area is 109 Å². The van der Waals surface area contributed by atoms with Crippen molar-refractivity contribution in [2.24, 2.45) is 5.92 Å². The van der Waals surface area contributed by atoms with E-state index in [1.807, 2.05) is 0 Å². The molecule has 1 heterocycles. The van der Waals surface area contributed by atoms with E-state index in [9.17, 15) is 14.4 Å². The molecule has 1 fully saturated rings. The van der Waals surface area contributed by atoms with Gasteiger partial charge in [-0.1, -0.05) is 11.6 Å². The summed E-state index contributed by atoms with van der Waals surface area (Å²) >= 11 is 5.80. The van der Waals surface area contributed by atoms with Crippen LogP contribution >= 0.6 is 11.6 Å². The molecule has 1 aromatic rings. The average molecular weight is 264 g/mol. The Morgan fingerprint density at radius 2 is 2.06 bits per heavy atom. The van der Waals surface area contributed by atoms with Gasteiger partial charge in [-0.05, 0) is 31.0 Å². The Hall–Kier alpha value is -1.68. The van der Waals surface area contributed by atoms with Gasteiger partial charge in [0.1, 0.15) is 0 Å². The largest absolute Gasteiger partial charge is 0.299 e. The standard InChI is InChI=1S/C13H10ClNO3/c14-8-3-4-10-9(5-8)12(17)13(18)15(10)6-11(16)7-1-2-7/h3-5,7H,1-2,6H2. The number of benzene rings is 1. The number of carbonyl (C=O) groups is 3. The molecule has 1 aliphatic heterocycles. The highest BCUT2D eigenvalue weighted by Crippen LogP contribution is 2.34. The Morgan fingerprint density at radius 1 is 1.33 bits per heavy atom. The molecule has 0 aromatic heterocycles. The maximum atomic E-state index is 11.8. The number of ketones is 2. The summed E-state index contributed by atoms with van der Waals surface area (Å²) in [7, 11) is 0. The Balaban J connectivity index is 1.94. The van der Waals surface area contributed by atoms with Crippen molar-refractivity contribution in [2.45, 2.75) is 12.8 Å². The first-order valence-electron chi connectivity index (χ1n) is 5.76. The fourth-order valence-corrected chi connectivity index (χ4v) is 2.29. The zero-order valence-corrected chi connectivity index (χ0v) is 10.2. The monoisotopic (exact) mass is 263 g/mol. The van der Waals surface area contributed by atoms with Crippen molar-refractivity contribution in [3.63, 3.8) is 0 Å². The van der Waals surface area contributed by atoms with E-state index in [0.29, 0.717) is 10.7 Å². The Morgan fingerprint density at radius 3 is 2.72 bits per heavy atom. The molecule has 1 saturated carbocycles. The Bertz CT molecular complexity index is 578. The average Bonchev–Trinajstić information content (AvgIpc) is 3.15. The van der Waals surface area contributed by atoms with Crippen LogP contribution in [-0.4, -0.2) is 24.0 Å². The molecule has 5 heteroatoms. The van der Waals surface area contributed by atoms with E-state index in [2.05, 4.69) is 0 Å². The van der Waals surface area contributed by atoms with E-state index in [-0.39, 0.29) is 23.8 Å². The molecular weight excluding hydrogens is 254 g/mol. The van der Waals surface area contributed by atoms with Crippen LogP contribution in [0, 0.1) is 5.92 Å². The number of Topliss-reactive ketones (excluding diaryl/α,β-unsaturated/α-hetero) is 2. The summed E-state index contributed by atoms with van der Waals surface area (Å²) in [5, 5.41) is 0.408. The van der Waals surface area contributed by atoms with Gasteiger partial charge in [0.25, 0.3) is 11.7 Å². The number of halogens is 1. The molecule has 1 aliphatic carbocycles. The molecular formula is C13H10ClNO3. The molecule has 92 valence electrons. The van der Waals surface area contributed by atoms with Crippen LogP contribution in [0.25, 0.3) is 0 Å². The number of fused-ring (bicyclic) bond motifs is 1. The number of hydrogen-bond acceptors (Lipinski definition) is 3. The van der Waals surface area contributed by atoms with Gasteiger partial charge in [0.15, 0.2) is 5.78 Å². The van der Waals surface area contributed by atoms with Crippen LogP contribution in [0.5, 0.6) is 0 Å². The van der Waals surface area contributed by atoms with E-state index in [1.165, 1.54) is 11.0 Å². The lowest BCUT2D eigenvalue weighted by atomic mass is 10.1. The van der Waals surface area contributed by atoms with Crippen LogP contribution in [0.2, 0.25) is 5.02 Å². The fourth-order valence-electron chi connectivity index (χ4n) is 2.12. The van der Waals surface area contributed by atoms with E-state index < -0.39 is 11.7 Å². The van der Waals surface area contributed by atoms with Crippen LogP contribution in [0.3, 0.4) is 0 Å². The van der Waals surface area contributed by atoms with Crippen molar-refractivity contribution in [3.8, 4) is 0 Å². The van der Waals surface area contributed by atoms with Crippen molar-refractivity contribution >= 4 is 34.8 Å². The van der Waals surface area contributed by atoms with Crippen LogP contribution in [0.1, 0.15) is 23.2 Å². The normalized spacial score (nSPS) is 18.2. The molecule has 0 N–H and O–H groups in total. The first-order chi connectivity index (χ1) is 8.58. The summed E-state index contributed by atoms with van der Waals surface area (Å²) in [6, 6.07) is 4.69. The van der Waals surface area contributed by atoms with Gasteiger partial charge < -0.3 is 0 Å². The third-order valence-corrected chi connectivity index (χ3v) is 3.52. The fraction of sp³-hybridized carbons (Fsp3) is 0.308. The molecule has 4 nitrogen and oxygen atoms in total. The summed E-state index contributed by atoms with van der Waals surface area (Å²) in [6.45, 7) is -0.0100. The predicted molar refractivity (Wildman–Crippen MR) is 65.9 cm³/mol. The second-order valence-electron chi connectivity index (χ2n) is 4.62. The van der Waals surface area contributed by atoms with E-state index in [4.69, 9.17) is 11.6 Å². The minimum absolute atomic E-state index is 0.0100. The molecule has 0 atom stereocenters. The number of amides is 1. The lowest BCUT2D eigenvalue weighted by Gasteiger charge is -2.15. The first-order valence-corrected chi connectivity index (χ1v) is 6.14. The van der Waals surface area contributed by atoms with Gasteiger partial charge in [-0.3, -0.25) is 19.3 Å². The SMILES string of the molecule is O=C1C(=O)N(CC(=O)C2CC2)c2ccc(Cl)cc21. The number of nitrogens with zero attached hydrogens (tertiary/aromatic N) is 1. The zero-order valence-electron chi connectivity index (χ0n) is 9.48. The second kappa shape index (κ2) is 3.92. The maximum absolute atomic E-state index is 11.8. The summed E-state index contributed by atoms with van der Waals surface area (Å²) in [6.07, 6.45) is 1.78. The molecule has 18 heavy (non-hydrogen) atoms. The van der Waals surface area contributed by atoms with Crippen molar-refractivity contribution in [1.82, 2.24) is 0 Å². The lowest BCUT2D eigenvalue weighted by Crippen LogP contribution is -2.35. The summed E-state index contributed by atoms with van der Waals surface area (Å²) in [5.74, 6) is -1.12. The molecule has 0 unspecified atom stereocenters. The highest BCUT2D eigenvalue weighted by atomic mass is 35.5. The van der Waals surface area contributed by atoms with Crippen molar-refractivity contribution < 1.29 is 14.4 Å². The number of anilines is 1. The minimum Gasteiger partial charge on any atom is -0.297 e. The van der Waals surface area contributed by atoms with Gasteiger partial charge in [0, 0.05) is 10.9 Å². The van der Waals surface area contributed by atoms with Crippen LogP contribution < -0.4 is 4.90 Å². The highest BCUT2D eigenvalue weighted by molar-refractivity contribution is 6.53. The summed E-state index contributed by atoms with van der Waals surface area (Å²) in [5.41, 5.74) is 0.777. The predicted octanol–water partition coefficient (Wildman–Crippen LogP) is 1.85. The molecule has 1 amide bonds. The van der Waals surface area contributed by atoms with E-state index in [1.54, 1.807) is 12.1 Å². The van der Waals surface area contributed by atoms with Gasteiger partial charge in [0.2, 0.25) is 0 Å². The van der Waals surface area contributed by atoms with Gasteiger partial charge in [-0.2, -0.15) is 0 Å². The van der Waals surface area contributed by atoms with Crippen LogP contribution in [-0.2, 0) is 9.59 Å². The summed E-state index contributed by atoms with van der Waals surface area (Å²) in [4.78, 5) is 36.6. The van der Waals surface area contributed by atoms with Crippen molar-refractivity contribution in [3.05, 3.63) is 28.8 Å². The van der Waals surface area contributed by atoms with Crippen LogP contribution in [0.15, 0.2) is 18.2 Å². The summed E-state index contributed by atoms with van der Waals surface area (Å²) < 4.78 is 0. The molecule has 0 saturated heterocycles. The molecule has 0 spiro atoms. The molecule has 0 radical (unpaired) electrons. The smallest absolute Gasteiger partial charge is 0.297 e. The van der Waals surface area contributed by atoms with E-state index >= 15 is 0 Å². The molecule has 1 aromatic carbocycles. The van der Waals surface area contributed by atoms with E-state index in [0.717, 1.165) is 12.8 Å².